The molecule has 0 aliphatic carbocycles. The Labute approximate surface area is 107 Å². The summed E-state index contributed by atoms with van der Waals surface area (Å²) in [6, 6.07) is 0.224. The lowest BCUT2D eigenvalue weighted by Crippen LogP contribution is -2.40. The predicted octanol–water partition coefficient (Wildman–Crippen LogP) is 2.71. The van der Waals surface area contributed by atoms with E-state index in [0.717, 1.165) is 6.54 Å². The SMILES string of the molecule is CCCCCC(C)(C)CNCC(=O)NC(C)C. The van der Waals surface area contributed by atoms with Crippen molar-refractivity contribution in [1.82, 2.24) is 10.6 Å². The van der Waals surface area contributed by atoms with Crippen molar-refractivity contribution in [2.45, 2.75) is 66.3 Å². The zero-order valence-electron chi connectivity index (χ0n) is 12.2. The first kappa shape index (κ1) is 16.4. The second kappa shape index (κ2) is 8.51. The van der Waals surface area contributed by atoms with Crippen molar-refractivity contribution >= 4 is 5.91 Å². The van der Waals surface area contributed by atoms with Gasteiger partial charge in [0, 0.05) is 12.6 Å². The van der Waals surface area contributed by atoms with Gasteiger partial charge in [-0.25, -0.2) is 0 Å². The Balaban J connectivity index is 3.67. The summed E-state index contributed by atoms with van der Waals surface area (Å²) in [6.45, 7) is 12.0. The number of carbonyl (C=O) groups excluding carboxylic acids is 1. The number of amides is 1. The van der Waals surface area contributed by atoms with Crippen molar-refractivity contribution < 1.29 is 4.79 Å². The summed E-state index contributed by atoms with van der Waals surface area (Å²) in [5, 5.41) is 6.13. The summed E-state index contributed by atoms with van der Waals surface area (Å²) in [4.78, 5) is 11.4. The Bertz CT molecular complexity index is 212. The van der Waals surface area contributed by atoms with Gasteiger partial charge in [0.05, 0.1) is 6.54 Å². The van der Waals surface area contributed by atoms with Crippen LogP contribution in [0.1, 0.15) is 60.3 Å². The second-order valence-corrected chi connectivity index (χ2v) is 5.95. The molecule has 0 spiro atoms. The Kier molecular flexibility index (Phi) is 8.23. The van der Waals surface area contributed by atoms with Crippen molar-refractivity contribution in [2.24, 2.45) is 5.41 Å². The van der Waals surface area contributed by atoms with Crippen LogP contribution < -0.4 is 10.6 Å². The zero-order chi connectivity index (χ0) is 13.3. The van der Waals surface area contributed by atoms with E-state index in [2.05, 4.69) is 31.4 Å². The monoisotopic (exact) mass is 242 g/mol. The maximum Gasteiger partial charge on any atom is 0.234 e. The van der Waals surface area contributed by atoms with Gasteiger partial charge in [-0.05, 0) is 25.7 Å². The first-order chi connectivity index (χ1) is 7.87. The molecule has 0 bridgehead atoms. The highest BCUT2D eigenvalue weighted by Gasteiger charge is 2.17. The van der Waals surface area contributed by atoms with E-state index >= 15 is 0 Å². The van der Waals surface area contributed by atoms with Gasteiger partial charge in [-0.3, -0.25) is 4.79 Å². The topological polar surface area (TPSA) is 41.1 Å². The van der Waals surface area contributed by atoms with Crippen molar-refractivity contribution in [3.05, 3.63) is 0 Å². The molecule has 0 aliphatic rings. The van der Waals surface area contributed by atoms with Crippen LogP contribution in [0, 0.1) is 5.41 Å². The van der Waals surface area contributed by atoms with Crippen LogP contribution in [0.15, 0.2) is 0 Å². The van der Waals surface area contributed by atoms with Gasteiger partial charge in [-0.1, -0.05) is 40.0 Å². The molecule has 0 heterocycles. The maximum atomic E-state index is 11.4. The predicted molar refractivity (Wildman–Crippen MR) is 74.1 cm³/mol. The largest absolute Gasteiger partial charge is 0.353 e. The van der Waals surface area contributed by atoms with Gasteiger partial charge < -0.3 is 10.6 Å². The van der Waals surface area contributed by atoms with Crippen molar-refractivity contribution in [3.8, 4) is 0 Å². The lowest BCUT2D eigenvalue weighted by Gasteiger charge is -2.25. The molecule has 0 aromatic carbocycles. The van der Waals surface area contributed by atoms with Gasteiger partial charge >= 0.3 is 0 Å². The highest BCUT2D eigenvalue weighted by Crippen LogP contribution is 2.22. The van der Waals surface area contributed by atoms with E-state index in [4.69, 9.17) is 0 Å². The first-order valence-electron chi connectivity index (χ1n) is 6.87. The van der Waals surface area contributed by atoms with Crippen molar-refractivity contribution in [1.29, 1.82) is 0 Å². The normalized spacial score (nSPS) is 11.9. The highest BCUT2D eigenvalue weighted by atomic mass is 16.1. The Morgan fingerprint density at radius 3 is 2.41 bits per heavy atom. The number of rotatable bonds is 9. The first-order valence-corrected chi connectivity index (χ1v) is 6.87. The van der Waals surface area contributed by atoms with Crippen LogP contribution in [-0.2, 0) is 4.79 Å². The third kappa shape index (κ3) is 10.3. The molecule has 0 aromatic heterocycles. The summed E-state index contributed by atoms with van der Waals surface area (Å²) in [5.41, 5.74) is 0.285. The summed E-state index contributed by atoms with van der Waals surface area (Å²) in [7, 11) is 0. The quantitative estimate of drug-likeness (QED) is 0.610. The minimum atomic E-state index is 0.0874. The summed E-state index contributed by atoms with van der Waals surface area (Å²) in [5.74, 6) is 0.0874. The third-order valence-corrected chi connectivity index (χ3v) is 2.80. The number of unbranched alkanes of at least 4 members (excludes halogenated alkanes) is 2. The fourth-order valence-electron chi connectivity index (χ4n) is 1.83. The van der Waals surface area contributed by atoms with Gasteiger partial charge in [0.1, 0.15) is 0 Å². The molecule has 0 radical (unpaired) electrons. The third-order valence-electron chi connectivity index (χ3n) is 2.80. The van der Waals surface area contributed by atoms with Crippen LogP contribution >= 0.6 is 0 Å². The molecule has 0 fully saturated rings. The van der Waals surface area contributed by atoms with E-state index in [1.807, 2.05) is 13.8 Å². The second-order valence-electron chi connectivity index (χ2n) is 5.95. The fraction of sp³-hybridized carbons (Fsp3) is 0.929. The van der Waals surface area contributed by atoms with Crippen LogP contribution in [0.5, 0.6) is 0 Å². The van der Waals surface area contributed by atoms with Gasteiger partial charge in [0.2, 0.25) is 5.91 Å². The molecule has 17 heavy (non-hydrogen) atoms. The molecule has 2 N–H and O–H groups in total. The smallest absolute Gasteiger partial charge is 0.234 e. The molecule has 0 aromatic rings. The molecule has 0 unspecified atom stereocenters. The lowest BCUT2D eigenvalue weighted by atomic mass is 9.87. The molecule has 1 amide bonds. The van der Waals surface area contributed by atoms with Gasteiger partial charge in [-0.15, -0.1) is 0 Å². The maximum absolute atomic E-state index is 11.4. The molecule has 0 atom stereocenters. The molecular weight excluding hydrogens is 212 g/mol. The average Bonchev–Trinajstić information content (AvgIpc) is 2.16. The number of hydrogen-bond acceptors (Lipinski definition) is 2. The van der Waals surface area contributed by atoms with E-state index in [1.165, 1.54) is 25.7 Å². The van der Waals surface area contributed by atoms with E-state index in [9.17, 15) is 4.79 Å². The number of hydrogen-bond donors (Lipinski definition) is 2. The van der Waals surface area contributed by atoms with E-state index < -0.39 is 0 Å². The van der Waals surface area contributed by atoms with Crippen molar-refractivity contribution in [3.63, 3.8) is 0 Å². The van der Waals surface area contributed by atoms with Crippen LogP contribution in [0.4, 0.5) is 0 Å². The lowest BCUT2D eigenvalue weighted by molar-refractivity contribution is -0.120. The fourth-order valence-corrected chi connectivity index (χ4v) is 1.83. The van der Waals surface area contributed by atoms with E-state index in [1.54, 1.807) is 0 Å². The minimum absolute atomic E-state index is 0.0874. The average molecular weight is 242 g/mol. The molecule has 102 valence electrons. The molecule has 3 heteroatoms. The number of nitrogens with one attached hydrogen (secondary N) is 2. The Morgan fingerprint density at radius 1 is 1.24 bits per heavy atom. The van der Waals surface area contributed by atoms with Crippen LogP contribution in [0.25, 0.3) is 0 Å². The van der Waals surface area contributed by atoms with E-state index in [0.29, 0.717) is 6.54 Å². The standard InChI is InChI=1S/C14H30N2O/c1-6-7-8-9-14(4,5)11-15-10-13(17)16-12(2)3/h12,15H,6-11H2,1-5H3,(H,16,17). The minimum Gasteiger partial charge on any atom is -0.353 e. The van der Waals surface area contributed by atoms with Crippen LogP contribution in [0.3, 0.4) is 0 Å². The van der Waals surface area contributed by atoms with Crippen LogP contribution in [-0.4, -0.2) is 25.0 Å². The van der Waals surface area contributed by atoms with E-state index in [-0.39, 0.29) is 17.4 Å². The van der Waals surface area contributed by atoms with Gasteiger partial charge in [0.15, 0.2) is 0 Å². The zero-order valence-corrected chi connectivity index (χ0v) is 12.2. The molecule has 0 aliphatic heterocycles. The van der Waals surface area contributed by atoms with Crippen molar-refractivity contribution in [2.75, 3.05) is 13.1 Å². The van der Waals surface area contributed by atoms with Gasteiger partial charge in [0.25, 0.3) is 0 Å². The van der Waals surface area contributed by atoms with Crippen LogP contribution in [0.2, 0.25) is 0 Å². The Morgan fingerprint density at radius 2 is 1.88 bits per heavy atom. The molecule has 0 saturated heterocycles. The highest BCUT2D eigenvalue weighted by molar-refractivity contribution is 5.78. The molecular formula is C14H30N2O. The molecule has 3 nitrogen and oxygen atoms in total. The summed E-state index contributed by atoms with van der Waals surface area (Å²) >= 11 is 0. The van der Waals surface area contributed by atoms with Gasteiger partial charge in [-0.2, -0.15) is 0 Å². The summed E-state index contributed by atoms with van der Waals surface area (Å²) < 4.78 is 0. The summed E-state index contributed by atoms with van der Waals surface area (Å²) in [6.07, 6.45) is 5.07. The Hall–Kier alpha value is -0.570. The number of carbonyl (C=O) groups is 1. The molecule has 0 rings (SSSR count). The molecule has 0 saturated carbocycles.